The third kappa shape index (κ3) is 4.52. The van der Waals surface area contributed by atoms with Crippen molar-refractivity contribution >= 4 is 5.97 Å². The SMILES string of the molecule is CC1(C)CCCC1NCCCCCC(=O)O. The van der Waals surface area contributed by atoms with Gasteiger partial charge in [0, 0.05) is 12.5 Å². The Morgan fingerprint density at radius 3 is 2.69 bits per heavy atom. The second kappa shape index (κ2) is 6.24. The number of unbranched alkanes of at least 4 members (excludes halogenated alkanes) is 2. The molecule has 0 aliphatic heterocycles. The number of hydrogen-bond acceptors (Lipinski definition) is 2. The van der Waals surface area contributed by atoms with Crippen LogP contribution in [-0.2, 0) is 4.79 Å². The highest BCUT2D eigenvalue weighted by atomic mass is 16.4. The molecule has 1 atom stereocenters. The number of aliphatic carboxylic acids is 1. The maximum Gasteiger partial charge on any atom is 0.303 e. The topological polar surface area (TPSA) is 49.3 Å². The van der Waals surface area contributed by atoms with Gasteiger partial charge in [-0.15, -0.1) is 0 Å². The number of carboxylic acid groups (broad SMARTS) is 1. The average molecular weight is 227 g/mol. The summed E-state index contributed by atoms with van der Waals surface area (Å²) in [6, 6.07) is 0.659. The fourth-order valence-corrected chi connectivity index (χ4v) is 2.56. The molecule has 0 aromatic rings. The molecule has 0 spiro atoms. The van der Waals surface area contributed by atoms with Crippen LogP contribution >= 0.6 is 0 Å². The summed E-state index contributed by atoms with van der Waals surface area (Å²) in [6.07, 6.45) is 7.20. The minimum absolute atomic E-state index is 0.314. The van der Waals surface area contributed by atoms with Crippen molar-refractivity contribution < 1.29 is 9.90 Å². The predicted octanol–water partition coefficient (Wildman–Crippen LogP) is 2.80. The summed E-state index contributed by atoms with van der Waals surface area (Å²) in [5, 5.41) is 12.1. The van der Waals surface area contributed by atoms with E-state index in [1.54, 1.807) is 0 Å². The van der Waals surface area contributed by atoms with Crippen LogP contribution in [0.1, 0.15) is 58.8 Å². The van der Waals surface area contributed by atoms with Gasteiger partial charge in [0.1, 0.15) is 0 Å². The Bertz CT molecular complexity index is 226. The molecule has 0 saturated heterocycles. The second-order valence-electron chi connectivity index (χ2n) is 5.59. The third-order valence-electron chi connectivity index (χ3n) is 3.72. The largest absolute Gasteiger partial charge is 0.481 e. The maximum absolute atomic E-state index is 10.3. The number of nitrogens with one attached hydrogen (secondary N) is 1. The summed E-state index contributed by atoms with van der Waals surface area (Å²) in [5.74, 6) is -0.676. The predicted molar refractivity (Wildman–Crippen MR) is 65.5 cm³/mol. The molecule has 1 fully saturated rings. The van der Waals surface area contributed by atoms with Crippen molar-refractivity contribution in [2.45, 2.75) is 64.8 Å². The number of hydrogen-bond donors (Lipinski definition) is 2. The minimum atomic E-state index is -0.676. The van der Waals surface area contributed by atoms with Crippen LogP contribution in [0.5, 0.6) is 0 Å². The zero-order valence-corrected chi connectivity index (χ0v) is 10.6. The van der Waals surface area contributed by atoms with Crippen molar-refractivity contribution in [2.75, 3.05) is 6.54 Å². The Morgan fingerprint density at radius 1 is 1.38 bits per heavy atom. The summed E-state index contributed by atoms with van der Waals surface area (Å²) >= 11 is 0. The molecule has 1 unspecified atom stereocenters. The summed E-state index contributed by atoms with van der Waals surface area (Å²) in [4.78, 5) is 10.3. The van der Waals surface area contributed by atoms with Gasteiger partial charge >= 0.3 is 5.97 Å². The highest BCUT2D eigenvalue weighted by molar-refractivity contribution is 5.66. The summed E-state index contributed by atoms with van der Waals surface area (Å²) in [7, 11) is 0. The lowest BCUT2D eigenvalue weighted by molar-refractivity contribution is -0.137. The zero-order valence-electron chi connectivity index (χ0n) is 10.6. The molecule has 1 rings (SSSR count). The maximum atomic E-state index is 10.3. The molecule has 0 bridgehead atoms. The molecule has 3 heteroatoms. The van der Waals surface area contributed by atoms with E-state index in [9.17, 15) is 4.79 Å². The van der Waals surface area contributed by atoms with Crippen molar-refractivity contribution in [1.29, 1.82) is 0 Å². The molecule has 1 aliphatic rings. The standard InChI is InChI=1S/C13H25NO2/c1-13(2)9-6-7-11(13)14-10-5-3-4-8-12(15)16/h11,14H,3-10H2,1-2H3,(H,15,16). The van der Waals surface area contributed by atoms with Gasteiger partial charge in [-0.25, -0.2) is 0 Å². The fourth-order valence-electron chi connectivity index (χ4n) is 2.56. The van der Waals surface area contributed by atoms with Gasteiger partial charge in [0.05, 0.1) is 0 Å². The van der Waals surface area contributed by atoms with Crippen LogP contribution < -0.4 is 5.32 Å². The van der Waals surface area contributed by atoms with Crippen LogP contribution in [0, 0.1) is 5.41 Å². The Labute approximate surface area is 98.6 Å². The van der Waals surface area contributed by atoms with Gasteiger partial charge in [-0.1, -0.05) is 26.7 Å². The van der Waals surface area contributed by atoms with E-state index in [1.807, 2.05) is 0 Å². The molecule has 0 heterocycles. The fraction of sp³-hybridized carbons (Fsp3) is 0.923. The summed E-state index contributed by atoms with van der Waals surface area (Å²) < 4.78 is 0. The van der Waals surface area contributed by atoms with E-state index < -0.39 is 5.97 Å². The molecular weight excluding hydrogens is 202 g/mol. The Balaban J connectivity index is 2.01. The van der Waals surface area contributed by atoms with Crippen molar-refractivity contribution in [1.82, 2.24) is 5.32 Å². The normalized spacial score (nSPS) is 23.5. The Hall–Kier alpha value is -0.570. The van der Waals surface area contributed by atoms with Crippen LogP contribution in [0.25, 0.3) is 0 Å². The lowest BCUT2D eigenvalue weighted by Gasteiger charge is -2.28. The van der Waals surface area contributed by atoms with Gasteiger partial charge in [0.2, 0.25) is 0 Å². The minimum Gasteiger partial charge on any atom is -0.481 e. The lowest BCUT2D eigenvalue weighted by atomic mass is 9.87. The number of carbonyl (C=O) groups is 1. The molecule has 0 amide bonds. The first kappa shape index (κ1) is 13.5. The van der Waals surface area contributed by atoms with Crippen LogP contribution in [0.15, 0.2) is 0 Å². The highest BCUT2D eigenvalue weighted by Gasteiger charge is 2.33. The molecule has 1 saturated carbocycles. The Morgan fingerprint density at radius 2 is 2.12 bits per heavy atom. The molecule has 3 nitrogen and oxygen atoms in total. The summed E-state index contributed by atoms with van der Waals surface area (Å²) in [6.45, 7) is 5.71. The molecule has 0 radical (unpaired) electrons. The monoisotopic (exact) mass is 227 g/mol. The van der Waals surface area contributed by atoms with Gasteiger partial charge < -0.3 is 10.4 Å². The average Bonchev–Trinajstić information content (AvgIpc) is 2.51. The van der Waals surface area contributed by atoms with Crippen molar-refractivity contribution in [3.63, 3.8) is 0 Å². The molecular formula is C13H25NO2. The van der Waals surface area contributed by atoms with Gasteiger partial charge in [0.15, 0.2) is 0 Å². The lowest BCUT2D eigenvalue weighted by Crippen LogP contribution is -2.38. The van der Waals surface area contributed by atoms with Crippen LogP contribution in [0.3, 0.4) is 0 Å². The quantitative estimate of drug-likeness (QED) is 0.657. The number of carboxylic acids is 1. The molecule has 2 N–H and O–H groups in total. The highest BCUT2D eigenvalue weighted by Crippen LogP contribution is 2.37. The van der Waals surface area contributed by atoms with E-state index >= 15 is 0 Å². The molecule has 16 heavy (non-hydrogen) atoms. The molecule has 0 aromatic carbocycles. The number of rotatable bonds is 7. The molecule has 1 aliphatic carbocycles. The molecule has 94 valence electrons. The van der Waals surface area contributed by atoms with Gasteiger partial charge in [-0.2, -0.15) is 0 Å². The smallest absolute Gasteiger partial charge is 0.303 e. The van der Waals surface area contributed by atoms with Crippen molar-refractivity contribution in [3.8, 4) is 0 Å². The van der Waals surface area contributed by atoms with E-state index in [-0.39, 0.29) is 0 Å². The van der Waals surface area contributed by atoms with Crippen molar-refractivity contribution in [2.24, 2.45) is 5.41 Å². The first-order valence-corrected chi connectivity index (χ1v) is 6.47. The van der Waals surface area contributed by atoms with Crippen LogP contribution in [-0.4, -0.2) is 23.7 Å². The van der Waals surface area contributed by atoms with Crippen molar-refractivity contribution in [3.05, 3.63) is 0 Å². The van der Waals surface area contributed by atoms with Crippen LogP contribution in [0.4, 0.5) is 0 Å². The van der Waals surface area contributed by atoms with Gasteiger partial charge in [0.25, 0.3) is 0 Å². The van der Waals surface area contributed by atoms with Crippen LogP contribution in [0.2, 0.25) is 0 Å². The first-order chi connectivity index (χ1) is 7.52. The second-order valence-corrected chi connectivity index (χ2v) is 5.59. The van der Waals surface area contributed by atoms with Gasteiger partial charge in [-0.05, 0) is 37.6 Å². The molecule has 0 aromatic heterocycles. The van der Waals surface area contributed by atoms with E-state index in [2.05, 4.69) is 19.2 Å². The Kier molecular flexibility index (Phi) is 5.26. The van der Waals surface area contributed by atoms with E-state index in [0.29, 0.717) is 17.9 Å². The van der Waals surface area contributed by atoms with E-state index in [0.717, 1.165) is 25.8 Å². The third-order valence-corrected chi connectivity index (χ3v) is 3.72. The van der Waals surface area contributed by atoms with Gasteiger partial charge in [-0.3, -0.25) is 4.79 Å². The van der Waals surface area contributed by atoms with E-state index in [1.165, 1.54) is 19.3 Å². The van der Waals surface area contributed by atoms with E-state index in [4.69, 9.17) is 5.11 Å². The summed E-state index contributed by atoms with van der Waals surface area (Å²) in [5.41, 5.74) is 0.446. The first-order valence-electron chi connectivity index (χ1n) is 6.47. The zero-order chi connectivity index (χ0) is 12.0.